The summed E-state index contributed by atoms with van der Waals surface area (Å²) >= 11 is 0. The van der Waals surface area contributed by atoms with E-state index < -0.39 is 6.03 Å². The Morgan fingerprint density at radius 1 is 1.53 bits per heavy atom. The van der Waals surface area contributed by atoms with Crippen molar-refractivity contribution >= 4 is 6.03 Å². The molecule has 2 amide bonds. The Balaban J connectivity index is 2.89. The first-order valence-electron chi connectivity index (χ1n) is 5.62. The summed E-state index contributed by atoms with van der Waals surface area (Å²) < 4.78 is 1.80. The largest absolute Gasteiger partial charge is 0.351 e. The van der Waals surface area contributed by atoms with Gasteiger partial charge in [-0.3, -0.25) is 4.68 Å². The molecule has 6 heteroatoms. The van der Waals surface area contributed by atoms with E-state index in [0.29, 0.717) is 13.1 Å². The number of carbonyl (C=O) groups excluding carboxylic acids is 1. The van der Waals surface area contributed by atoms with E-state index in [0.717, 1.165) is 17.0 Å². The number of hydrogen-bond donors (Lipinski definition) is 2. The molecule has 17 heavy (non-hydrogen) atoms. The van der Waals surface area contributed by atoms with Gasteiger partial charge in [-0.15, -0.1) is 0 Å². The van der Waals surface area contributed by atoms with Gasteiger partial charge in [-0.05, 0) is 20.8 Å². The Bertz CT molecular complexity index is 410. The van der Waals surface area contributed by atoms with Gasteiger partial charge in [0.25, 0.3) is 0 Å². The van der Waals surface area contributed by atoms with Crippen LogP contribution < -0.4 is 11.5 Å². The van der Waals surface area contributed by atoms with Gasteiger partial charge in [-0.2, -0.15) is 5.10 Å². The van der Waals surface area contributed by atoms with Gasteiger partial charge in [0.2, 0.25) is 0 Å². The van der Waals surface area contributed by atoms with Gasteiger partial charge >= 0.3 is 6.03 Å². The van der Waals surface area contributed by atoms with Gasteiger partial charge in [-0.25, -0.2) is 4.79 Å². The number of nitrogens with two attached hydrogens (primary N) is 2. The second-order valence-electron chi connectivity index (χ2n) is 4.47. The van der Waals surface area contributed by atoms with Crippen LogP contribution in [0.25, 0.3) is 0 Å². The number of rotatable bonds is 4. The second kappa shape index (κ2) is 5.18. The topological polar surface area (TPSA) is 90.2 Å². The molecule has 0 aliphatic rings. The quantitative estimate of drug-likeness (QED) is 0.790. The highest BCUT2D eigenvalue weighted by atomic mass is 16.2. The van der Waals surface area contributed by atoms with Crippen LogP contribution in [0.15, 0.2) is 0 Å². The van der Waals surface area contributed by atoms with E-state index in [-0.39, 0.29) is 6.04 Å². The summed E-state index contributed by atoms with van der Waals surface area (Å²) in [5.41, 5.74) is 14.0. The molecule has 0 radical (unpaired) electrons. The van der Waals surface area contributed by atoms with Gasteiger partial charge in [0.1, 0.15) is 0 Å². The molecular formula is C11H21N5O. The van der Waals surface area contributed by atoms with Crippen LogP contribution in [-0.4, -0.2) is 33.3 Å². The first kappa shape index (κ1) is 13.5. The van der Waals surface area contributed by atoms with Gasteiger partial charge < -0.3 is 16.4 Å². The molecule has 1 unspecified atom stereocenters. The molecule has 1 aromatic heterocycles. The molecule has 96 valence electrons. The van der Waals surface area contributed by atoms with Crippen molar-refractivity contribution in [2.45, 2.75) is 33.4 Å². The molecule has 4 N–H and O–H groups in total. The molecule has 1 atom stereocenters. The zero-order valence-electron chi connectivity index (χ0n) is 10.9. The third-order valence-electron chi connectivity index (χ3n) is 2.83. The van der Waals surface area contributed by atoms with Crippen LogP contribution >= 0.6 is 0 Å². The minimum atomic E-state index is -0.454. The Morgan fingerprint density at radius 2 is 2.12 bits per heavy atom. The Morgan fingerprint density at radius 3 is 2.47 bits per heavy atom. The lowest BCUT2D eigenvalue weighted by Gasteiger charge is -2.22. The average molecular weight is 239 g/mol. The molecule has 0 fully saturated rings. The number of carbonyl (C=O) groups is 1. The zero-order chi connectivity index (χ0) is 13.2. The summed E-state index contributed by atoms with van der Waals surface area (Å²) in [7, 11) is 1.88. The smallest absolute Gasteiger partial charge is 0.315 e. The lowest BCUT2D eigenvalue weighted by Crippen LogP contribution is -2.42. The van der Waals surface area contributed by atoms with Crippen molar-refractivity contribution < 1.29 is 4.79 Å². The highest BCUT2D eigenvalue weighted by Crippen LogP contribution is 2.14. The van der Waals surface area contributed by atoms with Crippen LogP contribution in [0.5, 0.6) is 0 Å². The molecule has 0 aliphatic carbocycles. The number of amides is 2. The van der Waals surface area contributed by atoms with Crippen molar-refractivity contribution in [3.63, 3.8) is 0 Å². The summed E-state index contributed by atoms with van der Waals surface area (Å²) in [6.45, 7) is 6.65. The lowest BCUT2D eigenvalue weighted by atomic mass is 10.2. The summed E-state index contributed by atoms with van der Waals surface area (Å²) in [5.74, 6) is 0. The summed E-state index contributed by atoms with van der Waals surface area (Å²) in [5, 5.41) is 4.31. The number of hydrogen-bond acceptors (Lipinski definition) is 3. The fraction of sp³-hybridized carbons (Fsp3) is 0.636. The van der Waals surface area contributed by atoms with Crippen molar-refractivity contribution in [1.29, 1.82) is 0 Å². The first-order valence-corrected chi connectivity index (χ1v) is 5.62. The lowest BCUT2D eigenvalue weighted by molar-refractivity contribution is 0.202. The predicted octanol–water partition coefficient (Wildman–Crippen LogP) is 0.265. The molecule has 0 saturated heterocycles. The Labute approximate surface area is 102 Å². The summed E-state index contributed by atoms with van der Waals surface area (Å²) in [6, 6.07) is -0.551. The SMILES string of the molecule is Cc1nn(C)c(C)c1CN(CC(C)N)C(N)=O. The van der Waals surface area contributed by atoms with E-state index >= 15 is 0 Å². The number of primary amides is 1. The van der Waals surface area contributed by atoms with Crippen molar-refractivity contribution in [3.05, 3.63) is 17.0 Å². The molecule has 0 saturated carbocycles. The standard InChI is InChI=1S/C11H21N5O/c1-7(12)5-16(11(13)17)6-10-8(2)14-15(4)9(10)3/h7H,5-6,12H2,1-4H3,(H2,13,17). The van der Waals surface area contributed by atoms with Crippen LogP contribution in [0.4, 0.5) is 4.79 Å². The highest BCUT2D eigenvalue weighted by Gasteiger charge is 2.17. The number of aryl methyl sites for hydroxylation is 2. The van der Waals surface area contributed by atoms with Crippen LogP contribution in [0.2, 0.25) is 0 Å². The molecule has 6 nitrogen and oxygen atoms in total. The van der Waals surface area contributed by atoms with E-state index in [4.69, 9.17) is 11.5 Å². The number of nitrogens with zero attached hydrogens (tertiary/aromatic N) is 3. The van der Waals surface area contributed by atoms with Crippen molar-refractivity contribution in [3.8, 4) is 0 Å². The van der Waals surface area contributed by atoms with Crippen LogP contribution in [0.3, 0.4) is 0 Å². The average Bonchev–Trinajstić information content (AvgIpc) is 2.43. The minimum absolute atomic E-state index is 0.0974. The van der Waals surface area contributed by atoms with E-state index in [2.05, 4.69) is 5.10 Å². The maximum atomic E-state index is 11.3. The second-order valence-corrected chi connectivity index (χ2v) is 4.47. The van der Waals surface area contributed by atoms with Crippen LogP contribution in [-0.2, 0) is 13.6 Å². The summed E-state index contributed by atoms with van der Waals surface area (Å²) in [4.78, 5) is 12.9. The monoisotopic (exact) mass is 239 g/mol. The highest BCUT2D eigenvalue weighted by molar-refractivity contribution is 5.72. The van der Waals surface area contributed by atoms with Crippen molar-refractivity contribution in [2.24, 2.45) is 18.5 Å². The third-order valence-corrected chi connectivity index (χ3v) is 2.83. The Kier molecular flexibility index (Phi) is 4.11. The molecule has 1 heterocycles. The van der Waals surface area contributed by atoms with Crippen molar-refractivity contribution in [2.75, 3.05) is 6.54 Å². The fourth-order valence-corrected chi connectivity index (χ4v) is 1.82. The normalized spacial score (nSPS) is 12.5. The maximum absolute atomic E-state index is 11.3. The van der Waals surface area contributed by atoms with E-state index in [1.54, 1.807) is 9.58 Å². The van der Waals surface area contributed by atoms with Crippen molar-refractivity contribution in [1.82, 2.24) is 14.7 Å². The maximum Gasteiger partial charge on any atom is 0.315 e. The number of urea groups is 1. The zero-order valence-corrected chi connectivity index (χ0v) is 10.9. The third kappa shape index (κ3) is 3.20. The minimum Gasteiger partial charge on any atom is -0.351 e. The predicted molar refractivity (Wildman–Crippen MR) is 66.3 cm³/mol. The fourth-order valence-electron chi connectivity index (χ4n) is 1.82. The first-order chi connectivity index (χ1) is 7.82. The number of aromatic nitrogens is 2. The van der Waals surface area contributed by atoms with Gasteiger partial charge in [0, 0.05) is 30.9 Å². The van der Waals surface area contributed by atoms with Gasteiger partial charge in [0.15, 0.2) is 0 Å². The molecule has 0 bridgehead atoms. The van der Waals surface area contributed by atoms with E-state index in [1.165, 1.54) is 0 Å². The van der Waals surface area contributed by atoms with Crippen LogP contribution in [0, 0.1) is 13.8 Å². The molecule has 0 aromatic carbocycles. The molecule has 0 aliphatic heterocycles. The molecular weight excluding hydrogens is 218 g/mol. The van der Waals surface area contributed by atoms with E-state index in [9.17, 15) is 4.79 Å². The van der Waals surface area contributed by atoms with E-state index in [1.807, 2.05) is 27.8 Å². The molecule has 1 rings (SSSR count). The molecule has 0 spiro atoms. The Hall–Kier alpha value is -1.56. The summed E-state index contributed by atoms with van der Waals surface area (Å²) in [6.07, 6.45) is 0. The van der Waals surface area contributed by atoms with Gasteiger partial charge in [-0.1, -0.05) is 0 Å². The molecule has 1 aromatic rings. The van der Waals surface area contributed by atoms with Gasteiger partial charge in [0.05, 0.1) is 12.2 Å². The van der Waals surface area contributed by atoms with Crippen LogP contribution in [0.1, 0.15) is 23.9 Å².